The number of hydrogen-bond donors (Lipinski definition) is 1. The number of alkyl halides is 3. The third-order valence-corrected chi connectivity index (χ3v) is 3.89. The quantitative estimate of drug-likeness (QED) is 0.748. The van der Waals surface area contributed by atoms with Gasteiger partial charge < -0.3 is 5.11 Å². The van der Waals surface area contributed by atoms with Gasteiger partial charge in [-0.2, -0.15) is 13.2 Å². The maximum absolute atomic E-state index is 12.9. The zero-order valence-corrected chi connectivity index (χ0v) is 12.4. The molecular formula is C13H7Cl3F3NO. The number of halogens is 6. The van der Waals surface area contributed by atoms with Gasteiger partial charge in [-0.05, 0) is 18.2 Å². The molecule has 1 heterocycles. The van der Waals surface area contributed by atoms with Crippen LogP contribution >= 0.6 is 34.8 Å². The molecule has 0 aliphatic carbocycles. The van der Waals surface area contributed by atoms with E-state index in [1.807, 2.05) is 0 Å². The van der Waals surface area contributed by atoms with Crippen LogP contribution in [0, 0.1) is 0 Å². The van der Waals surface area contributed by atoms with Gasteiger partial charge >= 0.3 is 6.18 Å². The van der Waals surface area contributed by atoms with Gasteiger partial charge in [0.05, 0.1) is 27.4 Å². The molecule has 0 aliphatic rings. The summed E-state index contributed by atoms with van der Waals surface area (Å²) in [6.45, 7) is -0.760. The molecule has 1 N–H and O–H groups in total. The van der Waals surface area contributed by atoms with Crippen molar-refractivity contribution in [3.05, 3.63) is 50.6 Å². The van der Waals surface area contributed by atoms with Crippen LogP contribution in [-0.4, -0.2) is 10.1 Å². The minimum absolute atomic E-state index is 0.0278. The average molecular weight is 357 g/mol. The van der Waals surface area contributed by atoms with Gasteiger partial charge in [-0.15, -0.1) is 0 Å². The summed E-state index contributed by atoms with van der Waals surface area (Å²) in [6, 6.07) is 5.24. The van der Waals surface area contributed by atoms with Crippen LogP contribution in [-0.2, 0) is 12.8 Å². The average Bonchev–Trinajstić information content (AvgIpc) is 2.42. The molecule has 112 valence electrons. The van der Waals surface area contributed by atoms with Crippen LogP contribution in [0.2, 0.25) is 15.1 Å². The van der Waals surface area contributed by atoms with E-state index in [-0.39, 0.29) is 26.3 Å². The molecule has 0 bridgehead atoms. The van der Waals surface area contributed by atoms with Crippen LogP contribution in [0.15, 0.2) is 24.3 Å². The molecule has 0 saturated heterocycles. The molecular weight excluding hydrogens is 350 g/mol. The van der Waals surface area contributed by atoms with Crippen LogP contribution in [0.3, 0.4) is 0 Å². The summed E-state index contributed by atoms with van der Waals surface area (Å²) in [5, 5.41) is 9.31. The summed E-state index contributed by atoms with van der Waals surface area (Å²) in [5.41, 5.74) is -1.13. The molecule has 21 heavy (non-hydrogen) atoms. The maximum atomic E-state index is 12.9. The van der Waals surface area contributed by atoms with Crippen molar-refractivity contribution in [2.75, 3.05) is 0 Å². The molecule has 2 aromatic rings. The van der Waals surface area contributed by atoms with Crippen molar-refractivity contribution in [1.29, 1.82) is 0 Å². The molecule has 2 nitrogen and oxygen atoms in total. The van der Waals surface area contributed by atoms with E-state index in [2.05, 4.69) is 4.98 Å². The van der Waals surface area contributed by atoms with Gasteiger partial charge in [0.2, 0.25) is 0 Å². The summed E-state index contributed by atoms with van der Waals surface area (Å²) >= 11 is 17.5. The van der Waals surface area contributed by atoms with E-state index in [0.717, 1.165) is 6.07 Å². The highest BCUT2D eigenvalue weighted by molar-refractivity contribution is 6.48. The number of aliphatic hydroxyl groups excluding tert-OH is 1. The summed E-state index contributed by atoms with van der Waals surface area (Å²) < 4.78 is 38.7. The van der Waals surface area contributed by atoms with Gasteiger partial charge in [-0.3, -0.25) is 0 Å². The van der Waals surface area contributed by atoms with Crippen molar-refractivity contribution in [3.8, 4) is 11.3 Å². The highest BCUT2D eigenvalue weighted by atomic mass is 35.5. The second-order valence-corrected chi connectivity index (χ2v) is 5.31. The van der Waals surface area contributed by atoms with E-state index in [4.69, 9.17) is 39.9 Å². The normalized spacial score (nSPS) is 11.8. The zero-order valence-electron chi connectivity index (χ0n) is 10.2. The number of aromatic nitrogens is 1. The molecule has 1 aromatic heterocycles. The largest absolute Gasteiger partial charge is 0.433 e. The van der Waals surface area contributed by atoms with Crippen molar-refractivity contribution >= 4 is 34.8 Å². The van der Waals surface area contributed by atoms with Crippen LogP contribution in [0.4, 0.5) is 13.2 Å². The maximum Gasteiger partial charge on any atom is 0.433 e. The molecule has 0 amide bonds. The Hall–Kier alpha value is -1.01. The Morgan fingerprint density at radius 2 is 1.62 bits per heavy atom. The Balaban J connectivity index is 2.61. The van der Waals surface area contributed by atoms with Crippen molar-refractivity contribution < 1.29 is 18.3 Å². The van der Waals surface area contributed by atoms with Gasteiger partial charge in [0.25, 0.3) is 0 Å². The highest BCUT2D eigenvalue weighted by Crippen LogP contribution is 2.36. The van der Waals surface area contributed by atoms with Crippen LogP contribution in [0.1, 0.15) is 11.3 Å². The molecule has 0 saturated carbocycles. The van der Waals surface area contributed by atoms with Crippen LogP contribution in [0.25, 0.3) is 11.3 Å². The third-order valence-electron chi connectivity index (χ3n) is 2.70. The Bertz CT molecular complexity index is 666. The number of pyridine rings is 1. The summed E-state index contributed by atoms with van der Waals surface area (Å²) in [4.78, 5) is 3.55. The predicted octanol–water partition coefficient (Wildman–Crippen LogP) is 5.22. The lowest BCUT2D eigenvalue weighted by molar-refractivity contribution is -0.142. The van der Waals surface area contributed by atoms with Gasteiger partial charge in [0.15, 0.2) is 5.69 Å². The van der Waals surface area contributed by atoms with Gasteiger partial charge in [0.1, 0.15) is 0 Å². The van der Waals surface area contributed by atoms with E-state index < -0.39 is 18.5 Å². The lowest BCUT2D eigenvalue weighted by atomic mass is 10.1. The van der Waals surface area contributed by atoms with Crippen LogP contribution in [0.5, 0.6) is 0 Å². The Kier molecular flexibility index (Phi) is 4.68. The summed E-state index contributed by atoms with van der Waals surface area (Å²) in [7, 11) is 0. The number of hydrogen-bond acceptors (Lipinski definition) is 2. The van der Waals surface area contributed by atoms with Crippen LogP contribution < -0.4 is 0 Å². The van der Waals surface area contributed by atoms with Gasteiger partial charge in [0, 0.05) is 11.1 Å². The van der Waals surface area contributed by atoms with Crippen molar-refractivity contribution in [2.24, 2.45) is 0 Å². The van der Waals surface area contributed by atoms with E-state index in [0.29, 0.717) is 5.56 Å². The predicted molar refractivity (Wildman–Crippen MR) is 75.6 cm³/mol. The molecule has 2 rings (SSSR count). The van der Waals surface area contributed by atoms with Crippen molar-refractivity contribution in [1.82, 2.24) is 4.98 Å². The molecule has 0 atom stereocenters. The standard InChI is InChI=1S/C13H7Cl3F3NO/c14-8-3-7(4-9(15)11(8)16)10-2-1-6(5-21)12(20-10)13(17,18)19/h1-4,21H,5H2. The fraction of sp³-hybridized carbons (Fsp3) is 0.154. The Morgan fingerprint density at radius 1 is 1.05 bits per heavy atom. The topological polar surface area (TPSA) is 33.1 Å². The third kappa shape index (κ3) is 3.43. The van der Waals surface area contributed by atoms with E-state index >= 15 is 0 Å². The monoisotopic (exact) mass is 355 g/mol. The smallest absolute Gasteiger partial charge is 0.392 e. The first-order chi connectivity index (χ1) is 9.74. The fourth-order valence-electron chi connectivity index (χ4n) is 1.73. The number of rotatable bonds is 2. The summed E-state index contributed by atoms with van der Waals surface area (Å²) in [6.07, 6.45) is -4.67. The molecule has 1 aromatic carbocycles. The van der Waals surface area contributed by atoms with Gasteiger partial charge in [-0.1, -0.05) is 40.9 Å². The fourth-order valence-corrected chi connectivity index (χ4v) is 2.32. The molecule has 0 unspecified atom stereocenters. The number of nitrogens with zero attached hydrogens (tertiary/aromatic N) is 1. The second kappa shape index (κ2) is 6.01. The SMILES string of the molecule is OCc1ccc(-c2cc(Cl)c(Cl)c(Cl)c2)nc1C(F)(F)F. The zero-order chi connectivity index (χ0) is 15.8. The first kappa shape index (κ1) is 16.4. The molecule has 0 spiro atoms. The number of benzene rings is 1. The molecule has 0 radical (unpaired) electrons. The molecule has 0 fully saturated rings. The lowest BCUT2D eigenvalue weighted by Crippen LogP contribution is -2.12. The number of aliphatic hydroxyl groups is 1. The highest BCUT2D eigenvalue weighted by Gasteiger charge is 2.35. The van der Waals surface area contributed by atoms with E-state index in [1.165, 1.54) is 18.2 Å². The van der Waals surface area contributed by atoms with Crippen molar-refractivity contribution in [2.45, 2.75) is 12.8 Å². The Morgan fingerprint density at radius 3 is 2.10 bits per heavy atom. The first-order valence-corrected chi connectivity index (χ1v) is 6.70. The molecule has 0 aliphatic heterocycles. The van der Waals surface area contributed by atoms with Gasteiger partial charge in [-0.25, -0.2) is 4.98 Å². The molecule has 8 heteroatoms. The second-order valence-electron chi connectivity index (χ2n) is 4.11. The van der Waals surface area contributed by atoms with E-state index in [1.54, 1.807) is 0 Å². The minimum atomic E-state index is -4.67. The first-order valence-electron chi connectivity index (χ1n) is 5.57. The Labute approximate surface area is 133 Å². The lowest BCUT2D eigenvalue weighted by Gasteiger charge is -2.12. The minimum Gasteiger partial charge on any atom is -0.392 e. The van der Waals surface area contributed by atoms with E-state index in [9.17, 15) is 13.2 Å². The summed E-state index contributed by atoms with van der Waals surface area (Å²) in [5.74, 6) is 0. The van der Waals surface area contributed by atoms with Crippen molar-refractivity contribution in [3.63, 3.8) is 0 Å².